The van der Waals surface area contributed by atoms with Crippen LogP contribution in [0.1, 0.15) is 12.0 Å². The van der Waals surface area contributed by atoms with E-state index in [-0.39, 0.29) is 24.7 Å². The van der Waals surface area contributed by atoms with E-state index in [9.17, 15) is 14.9 Å². The number of hydrogen-bond acceptors (Lipinski definition) is 5. The SMILES string of the molecule is O=C1CCc2cc([N+](=O)[O-])c(NCCO)cc2N1. The fourth-order valence-electron chi connectivity index (χ4n) is 1.90. The van der Waals surface area contributed by atoms with Crippen molar-refractivity contribution in [3.05, 3.63) is 27.8 Å². The van der Waals surface area contributed by atoms with Crippen molar-refractivity contribution in [3.63, 3.8) is 0 Å². The summed E-state index contributed by atoms with van der Waals surface area (Å²) < 4.78 is 0. The van der Waals surface area contributed by atoms with Crippen LogP contribution in [-0.2, 0) is 11.2 Å². The van der Waals surface area contributed by atoms with E-state index in [1.54, 1.807) is 6.07 Å². The van der Waals surface area contributed by atoms with Gasteiger partial charge in [0.15, 0.2) is 0 Å². The minimum atomic E-state index is -0.476. The van der Waals surface area contributed by atoms with Gasteiger partial charge in [0.25, 0.3) is 5.69 Å². The van der Waals surface area contributed by atoms with Crippen LogP contribution in [0.5, 0.6) is 0 Å². The van der Waals surface area contributed by atoms with Crippen molar-refractivity contribution < 1.29 is 14.8 Å². The Bertz CT molecular complexity index is 501. The third-order valence-corrected chi connectivity index (χ3v) is 2.74. The normalized spacial score (nSPS) is 13.7. The lowest BCUT2D eigenvalue weighted by Crippen LogP contribution is -2.19. The Kier molecular flexibility index (Phi) is 3.42. The molecule has 0 aliphatic carbocycles. The molecule has 1 amide bonds. The lowest BCUT2D eigenvalue weighted by Gasteiger charge is -2.18. The summed E-state index contributed by atoms with van der Waals surface area (Å²) in [5, 5.41) is 25.1. The molecule has 2 rings (SSSR count). The van der Waals surface area contributed by atoms with Crippen molar-refractivity contribution in [1.29, 1.82) is 0 Å². The average Bonchev–Trinajstić information content (AvgIpc) is 2.34. The van der Waals surface area contributed by atoms with Gasteiger partial charge in [-0.2, -0.15) is 0 Å². The molecule has 18 heavy (non-hydrogen) atoms. The molecule has 3 N–H and O–H groups in total. The number of amides is 1. The third-order valence-electron chi connectivity index (χ3n) is 2.74. The van der Waals surface area contributed by atoms with E-state index in [2.05, 4.69) is 10.6 Å². The fourth-order valence-corrected chi connectivity index (χ4v) is 1.90. The van der Waals surface area contributed by atoms with Gasteiger partial charge in [-0.15, -0.1) is 0 Å². The standard InChI is InChI=1S/C11H13N3O4/c15-4-3-12-9-6-8-7(1-2-11(16)13-8)5-10(9)14(17)18/h5-6,12,15H,1-4H2,(H,13,16). The van der Waals surface area contributed by atoms with E-state index in [1.807, 2.05) is 0 Å². The number of rotatable bonds is 4. The lowest BCUT2D eigenvalue weighted by atomic mass is 10.0. The number of aliphatic hydroxyl groups excluding tert-OH is 1. The zero-order valence-electron chi connectivity index (χ0n) is 9.60. The van der Waals surface area contributed by atoms with Gasteiger partial charge >= 0.3 is 0 Å². The number of carbonyl (C=O) groups excluding carboxylic acids is 1. The summed E-state index contributed by atoms with van der Waals surface area (Å²) in [6.07, 6.45) is 0.843. The second kappa shape index (κ2) is 5.01. The van der Waals surface area contributed by atoms with Crippen LogP contribution in [0, 0.1) is 10.1 Å². The predicted octanol–water partition coefficient (Wildman–Crippen LogP) is 0.884. The minimum Gasteiger partial charge on any atom is -0.395 e. The van der Waals surface area contributed by atoms with Crippen LogP contribution in [0.2, 0.25) is 0 Å². The van der Waals surface area contributed by atoms with E-state index in [4.69, 9.17) is 5.11 Å². The molecular formula is C11H13N3O4. The van der Waals surface area contributed by atoms with Crippen molar-refractivity contribution in [2.24, 2.45) is 0 Å². The molecule has 96 valence electrons. The molecule has 0 saturated heterocycles. The number of nitrogens with zero attached hydrogens (tertiary/aromatic N) is 1. The van der Waals surface area contributed by atoms with Crippen LogP contribution in [0.15, 0.2) is 12.1 Å². The number of nitro groups is 1. The summed E-state index contributed by atoms with van der Waals surface area (Å²) in [5.74, 6) is -0.0931. The first-order chi connectivity index (χ1) is 8.61. The number of benzene rings is 1. The quantitative estimate of drug-likeness (QED) is 0.544. The molecule has 7 heteroatoms. The molecule has 1 aromatic rings. The molecule has 1 heterocycles. The van der Waals surface area contributed by atoms with Crippen LogP contribution >= 0.6 is 0 Å². The summed E-state index contributed by atoms with van der Waals surface area (Å²) in [4.78, 5) is 21.7. The Morgan fingerprint density at radius 1 is 1.44 bits per heavy atom. The number of nitrogens with one attached hydrogen (secondary N) is 2. The van der Waals surface area contributed by atoms with Gasteiger partial charge in [-0.05, 0) is 18.1 Å². The summed E-state index contributed by atoms with van der Waals surface area (Å²) in [6.45, 7) is 0.0914. The van der Waals surface area contributed by atoms with Crippen molar-refractivity contribution >= 4 is 23.0 Å². The average molecular weight is 251 g/mol. The summed E-state index contributed by atoms with van der Waals surface area (Å²) >= 11 is 0. The van der Waals surface area contributed by atoms with Crippen molar-refractivity contribution in [3.8, 4) is 0 Å². The first-order valence-electron chi connectivity index (χ1n) is 5.57. The fraction of sp³-hybridized carbons (Fsp3) is 0.364. The molecule has 1 aliphatic heterocycles. The molecule has 0 unspecified atom stereocenters. The number of fused-ring (bicyclic) bond motifs is 1. The van der Waals surface area contributed by atoms with Crippen LogP contribution in [0.3, 0.4) is 0 Å². The van der Waals surface area contributed by atoms with Crippen molar-refractivity contribution in [2.45, 2.75) is 12.8 Å². The van der Waals surface area contributed by atoms with E-state index in [0.29, 0.717) is 24.2 Å². The van der Waals surface area contributed by atoms with Crippen LogP contribution in [0.25, 0.3) is 0 Å². The molecule has 0 bridgehead atoms. The summed E-state index contributed by atoms with van der Waals surface area (Å²) in [6, 6.07) is 3.01. The molecule has 0 atom stereocenters. The summed E-state index contributed by atoms with van der Waals surface area (Å²) in [7, 11) is 0. The molecule has 0 spiro atoms. The topological polar surface area (TPSA) is 104 Å². The van der Waals surface area contributed by atoms with Gasteiger partial charge in [-0.3, -0.25) is 14.9 Å². The molecular weight excluding hydrogens is 238 g/mol. The minimum absolute atomic E-state index is 0.0432. The maximum absolute atomic E-state index is 11.3. The second-order valence-electron chi connectivity index (χ2n) is 3.98. The Labute approximate surface area is 103 Å². The zero-order valence-corrected chi connectivity index (χ0v) is 9.60. The van der Waals surface area contributed by atoms with Gasteiger partial charge in [0.05, 0.1) is 11.5 Å². The van der Waals surface area contributed by atoms with Gasteiger partial charge < -0.3 is 15.7 Å². The monoisotopic (exact) mass is 251 g/mol. The Morgan fingerprint density at radius 2 is 2.22 bits per heavy atom. The van der Waals surface area contributed by atoms with Crippen molar-refractivity contribution in [2.75, 3.05) is 23.8 Å². The molecule has 0 aromatic heterocycles. The van der Waals surface area contributed by atoms with Gasteiger partial charge in [0.2, 0.25) is 5.91 Å². The highest BCUT2D eigenvalue weighted by atomic mass is 16.6. The smallest absolute Gasteiger partial charge is 0.292 e. The zero-order chi connectivity index (χ0) is 13.1. The molecule has 0 saturated carbocycles. The number of nitro benzene ring substituents is 1. The first kappa shape index (κ1) is 12.3. The van der Waals surface area contributed by atoms with Crippen molar-refractivity contribution in [1.82, 2.24) is 0 Å². The number of hydrogen-bond donors (Lipinski definition) is 3. The van der Waals surface area contributed by atoms with Crippen LogP contribution in [-0.4, -0.2) is 29.1 Å². The van der Waals surface area contributed by atoms with E-state index in [1.165, 1.54) is 6.07 Å². The van der Waals surface area contributed by atoms with E-state index >= 15 is 0 Å². The largest absolute Gasteiger partial charge is 0.395 e. The first-order valence-corrected chi connectivity index (χ1v) is 5.57. The van der Waals surface area contributed by atoms with Gasteiger partial charge in [0.1, 0.15) is 5.69 Å². The number of anilines is 2. The molecule has 1 aliphatic rings. The second-order valence-corrected chi connectivity index (χ2v) is 3.98. The number of carbonyl (C=O) groups is 1. The van der Waals surface area contributed by atoms with Crippen LogP contribution in [0.4, 0.5) is 17.1 Å². The van der Waals surface area contributed by atoms with E-state index in [0.717, 1.165) is 5.56 Å². The molecule has 1 aromatic carbocycles. The highest BCUT2D eigenvalue weighted by Crippen LogP contribution is 2.33. The highest BCUT2D eigenvalue weighted by molar-refractivity contribution is 5.95. The Morgan fingerprint density at radius 3 is 2.89 bits per heavy atom. The lowest BCUT2D eigenvalue weighted by molar-refractivity contribution is -0.384. The maximum atomic E-state index is 11.3. The van der Waals surface area contributed by atoms with Gasteiger partial charge in [-0.1, -0.05) is 0 Å². The number of aliphatic hydroxyl groups is 1. The molecule has 7 nitrogen and oxygen atoms in total. The maximum Gasteiger partial charge on any atom is 0.292 e. The van der Waals surface area contributed by atoms with E-state index < -0.39 is 4.92 Å². The van der Waals surface area contributed by atoms with Gasteiger partial charge in [-0.25, -0.2) is 0 Å². The third kappa shape index (κ3) is 2.40. The molecule has 0 fully saturated rings. The molecule has 0 radical (unpaired) electrons. The Hall–Kier alpha value is -2.15. The Balaban J connectivity index is 2.40. The summed E-state index contributed by atoms with van der Waals surface area (Å²) in [5.41, 5.74) is 1.61. The van der Waals surface area contributed by atoms with Crippen LogP contribution < -0.4 is 10.6 Å². The number of aryl methyl sites for hydroxylation is 1. The highest BCUT2D eigenvalue weighted by Gasteiger charge is 2.22. The van der Waals surface area contributed by atoms with Gasteiger partial charge in [0, 0.05) is 24.7 Å². The predicted molar refractivity (Wildman–Crippen MR) is 65.6 cm³/mol.